The van der Waals surface area contributed by atoms with Crippen LogP contribution >= 0.6 is 11.6 Å². The van der Waals surface area contributed by atoms with Crippen molar-refractivity contribution >= 4 is 34.4 Å². The molecule has 1 aromatic carbocycles. The van der Waals surface area contributed by atoms with Crippen molar-refractivity contribution in [2.45, 2.75) is 20.4 Å². The number of benzene rings is 1. The minimum Gasteiger partial charge on any atom is -0.321 e. The number of carbonyl (C=O) groups is 1. The van der Waals surface area contributed by atoms with Gasteiger partial charge in [0.1, 0.15) is 6.54 Å². The lowest BCUT2D eigenvalue weighted by Crippen LogP contribution is -2.37. The largest absolute Gasteiger partial charge is 0.332 e. The Morgan fingerprint density at radius 2 is 1.77 bits per heavy atom. The van der Waals surface area contributed by atoms with Crippen LogP contribution in [0.5, 0.6) is 0 Å². The van der Waals surface area contributed by atoms with Crippen molar-refractivity contribution in [3.63, 3.8) is 0 Å². The quantitative estimate of drug-likeness (QED) is 0.483. The van der Waals surface area contributed by atoms with E-state index < -0.39 is 17.2 Å². The fourth-order valence-corrected chi connectivity index (χ4v) is 3.76. The van der Waals surface area contributed by atoms with Crippen LogP contribution in [-0.4, -0.2) is 34.4 Å². The standard InChI is InChI=1S/C20H20ClN7O3/c1-11-15(12(2)28(24-11)13-8-6-5-7-9-13)22-14(29)10-27-16-17(23-19(27)21)25(3)20(31)26(4)18(16)30/h5-9H,10H2,1-4H3,(H,22,29). The molecule has 0 unspecified atom stereocenters. The molecule has 160 valence electrons. The van der Waals surface area contributed by atoms with Gasteiger partial charge in [0.15, 0.2) is 11.2 Å². The number of hydrogen-bond acceptors (Lipinski definition) is 5. The zero-order chi connectivity index (χ0) is 22.4. The minimum absolute atomic E-state index is 0.0584. The zero-order valence-electron chi connectivity index (χ0n) is 17.4. The summed E-state index contributed by atoms with van der Waals surface area (Å²) in [7, 11) is 2.85. The fourth-order valence-electron chi connectivity index (χ4n) is 3.53. The molecule has 3 heterocycles. The van der Waals surface area contributed by atoms with Crippen molar-refractivity contribution in [2.24, 2.45) is 14.1 Å². The zero-order valence-corrected chi connectivity index (χ0v) is 18.1. The summed E-state index contributed by atoms with van der Waals surface area (Å²) in [4.78, 5) is 41.7. The Labute approximate surface area is 181 Å². The molecule has 0 aliphatic heterocycles. The Morgan fingerprint density at radius 1 is 1.10 bits per heavy atom. The maximum absolute atomic E-state index is 12.8. The van der Waals surface area contributed by atoms with Crippen LogP contribution < -0.4 is 16.6 Å². The number of anilines is 1. The molecule has 0 spiro atoms. The number of imidazole rings is 1. The summed E-state index contributed by atoms with van der Waals surface area (Å²) < 4.78 is 5.21. The third-order valence-electron chi connectivity index (χ3n) is 5.16. The number of aromatic nitrogens is 6. The molecule has 11 heteroatoms. The Hall–Kier alpha value is -3.66. The molecular weight excluding hydrogens is 422 g/mol. The lowest BCUT2D eigenvalue weighted by Gasteiger charge is -2.09. The number of halogens is 1. The average molecular weight is 442 g/mol. The van der Waals surface area contributed by atoms with Crippen molar-refractivity contribution in [3.05, 3.63) is 67.8 Å². The highest BCUT2D eigenvalue weighted by atomic mass is 35.5. The molecule has 0 aliphatic carbocycles. The molecule has 1 amide bonds. The highest BCUT2D eigenvalue weighted by molar-refractivity contribution is 6.29. The third-order valence-corrected chi connectivity index (χ3v) is 5.45. The molecule has 31 heavy (non-hydrogen) atoms. The normalized spacial score (nSPS) is 11.3. The van der Waals surface area contributed by atoms with Crippen LogP contribution in [0.4, 0.5) is 5.69 Å². The summed E-state index contributed by atoms with van der Waals surface area (Å²) in [5, 5.41) is 7.30. The number of aryl methyl sites for hydroxylation is 2. The Balaban J connectivity index is 1.69. The van der Waals surface area contributed by atoms with Crippen molar-refractivity contribution in [1.82, 2.24) is 28.5 Å². The van der Waals surface area contributed by atoms with Gasteiger partial charge in [-0.2, -0.15) is 10.1 Å². The number of fused-ring (bicyclic) bond motifs is 1. The van der Waals surface area contributed by atoms with E-state index in [4.69, 9.17) is 11.6 Å². The summed E-state index contributed by atoms with van der Waals surface area (Å²) >= 11 is 6.20. The SMILES string of the molecule is Cc1nn(-c2ccccc2)c(C)c1NC(=O)Cn1c(Cl)nc2c1c(=O)n(C)c(=O)n2C. The first-order valence-electron chi connectivity index (χ1n) is 9.44. The van der Waals surface area contributed by atoms with Gasteiger partial charge in [0, 0.05) is 14.1 Å². The van der Waals surface area contributed by atoms with Gasteiger partial charge in [-0.05, 0) is 37.6 Å². The molecule has 3 aromatic heterocycles. The number of carbonyl (C=O) groups excluding carboxylic acids is 1. The number of nitrogens with one attached hydrogen (secondary N) is 1. The molecule has 0 aliphatic rings. The van der Waals surface area contributed by atoms with Gasteiger partial charge < -0.3 is 5.32 Å². The van der Waals surface area contributed by atoms with Crippen LogP contribution in [0, 0.1) is 13.8 Å². The van der Waals surface area contributed by atoms with Crippen LogP contribution in [0.15, 0.2) is 39.9 Å². The monoisotopic (exact) mass is 441 g/mol. The van der Waals surface area contributed by atoms with Gasteiger partial charge in [0.25, 0.3) is 5.56 Å². The molecule has 0 bridgehead atoms. The van der Waals surface area contributed by atoms with Crippen molar-refractivity contribution < 1.29 is 4.79 Å². The summed E-state index contributed by atoms with van der Waals surface area (Å²) in [6, 6.07) is 9.57. The van der Waals surface area contributed by atoms with Gasteiger partial charge in [-0.1, -0.05) is 18.2 Å². The molecule has 0 saturated heterocycles. The summed E-state index contributed by atoms with van der Waals surface area (Å²) in [5.41, 5.74) is 1.96. The lowest BCUT2D eigenvalue weighted by atomic mass is 10.3. The van der Waals surface area contributed by atoms with E-state index in [2.05, 4.69) is 15.4 Å². The molecule has 0 atom stereocenters. The first-order chi connectivity index (χ1) is 14.7. The van der Waals surface area contributed by atoms with E-state index in [0.717, 1.165) is 15.9 Å². The summed E-state index contributed by atoms with van der Waals surface area (Å²) in [5.74, 6) is -0.407. The lowest BCUT2D eigenvalue weighted by molar-refractivity contribution is -0.116. The molecule has 1 N–H and O–H groups in total. The molecule has 0 radical (unpaired) electrons. The first kappa shape index (κ1) is 20.6. The van der Waals surface area contributed by atoms with E-state index in [1.165, 1.54) is 23.2 Å². The van der Waals surface area contributed by atoms with E-state index in [9.17, 15) is 14.4 Å². The van der Waals surface area contributed by atoms with Crippen molar-refractivity contribution in [1.29, 1.82) is 0 Å². The second-order valence-electron chi connectivity index (χ2n) is 7.19. The Morgan fingerprint density at radius 3 is 2.45 bits per heavy atom. The third kappa shape index (κ3) is 3.34. The number of para-hydroxylation sites is 1. The van der Waals surface area contributed by atoms with E-state index in [1.807, 2.05) is 37.3 Å². The number of hydrogen-bond donors (Lipinski definition) is 1. The molecule has 4 aromatic rings. The first-order valence-corrected chi connectivity index (χ1v) is 9.81. The highest BCUT2D eigenvalue weighted by Gasteiger charge is 2.21. The highest BCUT2D eigenvalue weighted by Crippen LogP contribution is 2.23. The fraction of sp³-hybridized carbons (Fsp3) is 0.250. The van der Waals surface area contributed by atoms with E-state index in [1.54, 1.807) is 11.6 Å². The number of nitrogens with zero attached hydrogens (tertiary/aromatic N) is 6. The molecule has 10 nitrogen and oxygen atoms in total. The van der Waals surface area contributed by atoms with E-state index in [-0.39, 0.29) is 23.0 Å². The average Bonchev–Trinajstić information content (AvgIpc) is 3.22. The Kier molecular flexibility index (Phi) is 5.02. The molecule has 0 fully saturated rings. The molecular formula is C20H20ClN7O3. The maximum atomic E-state index is 12.8. The summed E-state index contributed by atoms with van der Waals surface area (Å²) in [6.07, 6.45) is 0. The predicted molar refractivity (Wildman–Crippen MR) is 117 cm³/mol. The molecule has 0 saturated carbocycles. The Bertz CT molecular complexity index is 1440. The summed E-state index contributed by atoms with van der Waals surface area (Å²) in [6.45, 7) is 3.40. The van der Waals surface area contributed by atoms with Gasteiger partial charge in [-0.15, -0.1) is 0 Å². The van der Waals surface area contributed by atoms with Gasteiger partial charge in [-0.25, -0.2) is 9.48 Å². The van der Waals surface area contributed by atoms with Crippen LogP contribution in [0.1, 0.15) is 11.4 Å². The number of rotatable bonds is 4. The minimum atomic E-state index is -0.574. The van der Waals surface area contributed by atoms with Crippen LogP contribution in [-0.2, 0) is 25.4 Å². The number of amides is 1. The van der Waals surface area contributed by atoms with Crippen LogP contribution in [0.3, 0.4) is 0 Å². The van der Waals surface area contributed by atoms with E-state index in [0.29, 0.717) is 11.4 Å². The smallest absolute Gasteiger partial charge is 0.321 e. The second-order valence-corrected chi connectivity index (χ2v) is 7.52. The van der Waals surface area contributed by atoms with Gasteiger partial charge >= 0.3 is 5.69 Å². The van der Waals surface area contributed by atoms with E-state index >= 15 is 0 Å². The van der Waals surface area contributed by atoms with Gasteiger partial charge in [0.05, 0.1) is 22.8 Å². The second kappa shape index (κ2) is 7.55. The van der Waals surface area contributed by atoms with Crippen LogP contribution in [0.2, 0.25) is 5.28 Å². The predicted octanol–water partition coefficient (Wildman–Crippen LogP) is 1.53. The van der Waals surface area contributed by atoms with Gasteiger partial charge in [-0.3, -0.25) is 23.3 Å². The van der Waals surface area contributed by atoms with Gasteiger partial charge in [0.2, 0.25) is 11.2 Å². The van der Waals surface area contributed by atoms with Crippen LogP contribution in [0.25, 0.3) is 16.9 Å². The van der Waals surface area contributed by atoms with Crippen molar-refractivity contribution in [3.8, 4) is 5.69 Å². The molecule has 4 rings (SSSR count). The maximum Gasteiger partial charge on any atom is 0.332 e. The topological polar surface area (TPSA) is 109 Å². The van der Waals surface area contributed by atoms with Crippen molar-refractivity contribution in [2.75, 3.05) is 5.32 Å².